The lowest BCUT2D eigenvalue weighted by Gasteiger charge is -2.13. The van der Waals surface area contributed by atoms with Gasteiger partial charge < -0.3 is 14.2 Å². The second-order valence-electron chi connectivity index (χ2n) is 5.84. The average Bonchev–Trinajstić information content (AvgIpc) is 2.69. The van der Waals surface area contributed by atoms with E-state index in [4.69, 9.17) is 14.2 Å². The molecule has 0 heterocycles. The van der Waals surface area contributed by atoms with Crippen LogP contribution in [-0.4, -0.2) is 31.9 Å². The minimum absolute atomic E-state index is 0.330. The number of methoxy groups -OCH3 is 1. The van der Waals surface area contributed by atoms with Crippen LogP contribution in [0.2, 0.25) is 0 Å². The Morgan fingerprint density at radius 3 is 2.52 bits per heavy atom. The number of carbonyl (C=O) groups excluding carboxylic acids is 1. The predicted octanol–water partition coefficient (Wildman–Crippen LogP) is 3.57. The zero-order valence-electron chi connectivity index (χ0n) is 16.2. The number of rotatable bonds is 9. The van der Waals surface area contributed by atoms with Crippen molar-refractivity contribution in [2.24, 2.45) is 5.10 Å². The zero-order valence-corrected chi connectivity index (χ0v) is 16.2. The summed E-state index contributed by atoms with van der Waals surface area (Å²) in [5.74, 6) is 1.59. The third-order valence-electron chi connectivity index (χ3n) is 3.89. The van der Waals surface area contributed by atoms with Crippen LogP contribution in [0.25, 0.3) is 0 Å². The van der Waals surface area contributed by atoms with E-state index >= 15 is 0 Å². The van der Waals surface area contributed by atoms with Gasteiger partial charge in [-0.15, -0.1) is 0 Å². The van der Waals surface area contributed by atoms with E-state index in [1.54, 1.807) is 32.4 Å². The standard InChI is InChI=1S/C21H26N2O4/c1-5-16-7-10-18(11-8-16)27-15(3)21(24)23-22-14-17-9-12-19(26-6-2)20(13-17)25-4/h7-15H,5-6H2,1-4H3,(H,23,24). The lowest BCUT2D eigenvalue weighted by molar-refractivity contribution is -0.127. The van der Waals surface area contributed by atoms with Crippen LogP contribution in [-0.2, 0) is 11.2 Å². The second-order valence-corrected chi connectivity index (χ2v) is 5.84. The summed E-state index contributed by atoms with van der Waals surface area (Å²) in [5, 5.41) is 3.98. The molecule has 0 aliphatic rings. The van der Waals surface area contributed by atoms with Crippen LogP contribution in [0.5, 0.6) is 17.2 Å². The number of ether oxygens (including phenoxy) is 3. The van der Waals surface area contributed by atoms with Gasteiger partial charge in [-0.05, 0) is 61.7 Å². The summed E-state index contributed by atoms with van der Waals surface area (Å²) in [7, 11) is 1.58. The van der Waals surface area contributed by atoms with Crippen molar-refractivity contribution in [1.29, 1.82) is 0 Å². The Morgan fingerprint density at radius 2 is 1.89 bits per heavy atom. The lowest BCUT2D eigenvalue weighted by atomic mass is 10.2. The summed E-state index contributed by atoms with van der Waals surface area (Å²) in [6.07, 6.45) is 1.84. The molecule has 0 radical (unpaired) electrons. The SMILES string of the molecule is CCOc1ccc(C=NNC(=O)C(C)Oc2ccc(CC)cc2)cc1OC. The Bertz CT molecular complexity index is 772. The molecule has 0 aliphatic carbocycles. The van der Waals surface area contributed by atoms with Gasteiger partial charge in [0.2, 0.25) is 0 Å². The molecule has 1 amide bonds. The normalized spacial score (nSPS) is 11.9. The van der Waals surface area contributed by atoms with E-state index in [0.29, 0.717) is 23.9 Å². The summed E-state index contributed by atoms with van der Waals surface area (Å²) in [4.78, 5) is 12.1. The van der Waals surface area contributed by atoms with Gasteiger partial charge in [0, 0.05) is 0 Å². The van der Waals surface area contributed by atoms with Crippen LogP contribution in [0, 0.1) is 0 Å². The topological polar surface area (TPSA) is 69.2 Å². The summed E-state index contributed by atoms with van der Waals surface area (Å²) in [6, 6.07) is 13.1. The van der Waals surface area contributed by atoms with Gasteiger partial charge in [-0.25, -0.2) is 5.43 Å². The maximum atomic E-state index is 12.1. The van der Waals surface area contributed by atoms with Gasteiger partial charge in [-0.1, -0.05) is 19.1 Å². The van der Waals surface area contributed by atoms with E-state index in [1.165, 1.54) is 5.56 Å². The molecule has 2 aromatic carbocycles. The maximum absolute atomic E-state index is 12.1. The highest BCUT2D eigenvalue weighted by Gasteiger charge is 2.13. The Hall–Kier alpha value is -3.02. The zero-order chi connectivity index (χ0) is 19.6. The number of nitrogens with one attached hydrogen (secondary N) is 1. The van der Waals surface area contributed by atoms with E-state index in [-0.39, 0.29) is 5.91 Å². The van der Waals surface area contributed by atoms with Crippen molar-refractivity contribution in [1.82, 2.24) is 5.43 Å². The van der Waals surface area contributed by atoms with E-state index < -0.39 is 6.10 Å². The lowest BCUT2D eigenvalue weighted by Crippen LogP contribution is -2.33. The molecule has 6 heteroatoms. The van der Waals surface area contributed by atoms with E-state index in [1.807, 2.05) is 37.3 Å². The van der Waals surface area contributed by atoms with Crippen molar-refractivity contribution < 1.29 is 19.0 Å². The van der Waals surface area contributed by atoms with Crippen molar-refractivity contribution in [2.75, 3.05) is 13.7 Å². The van der Waals surface area contributed by atoms with Gasteiger partial charge in [0.25, 0.3) is 5.91 Å². The minimum Gasteiger partial charge on any atom is -0.493 e. The number of amides is 1. The summed E-state index contributed by atoms with van der Waals surface area (Å²) < 4.78 is 16.4. The summed E-state index contributed by atoms with van der Waals surface area (Å²) in [6.45, 7) is 6.23. The maximum Gasteiger partial charge on any atom is 0.280 e. The molecule has 0 saturated heterocycles. The third-order valence-corrected chi connectivity index (χ3v) is 3.89. The average molecular weight is 370 g/mol. The molecule has 2 rings (SSSR count). The number of hydrogen-bond donors (Lipinski definition) is 1. The van der Waals surface area contributed by atoms with Crippen molar-refractivity contribution in [3.8, 4) is 17.2 Å². The smallest absolute Gasteiger partial charge is 0.280 e. The molecule has 6 nitrogen and oxygen atoms in total. The Labute approximate surface area is 160 Å². The molecule has 1 atom stereocenters. The van der Waals surface area contributed by atoms with Crippen LogP contribution < -0.4 is 19.6 Å². The molecule has 1 N–H and O–H groups in total. The molecule has 0 saturated carbocycles. The highest BCUT2D eigenvalue weighted by atomic mass is 16.5. The van der Waals surface area contributed by atoms with Crippen LogP contribution in [0.4, 0.5) is 0 Å². The molecular weight excluding hydrogens is 344 g/mol. The van der Waals surface area contributed by atoms with Crippen molar-refractivity contribution in [3.05, 3.63) is 53.6 Å². The van der Waals surface area contributed by atoms with Gasteiger partial charge in [0.15, 0.2) is 17.6 Å². The molecule has 0 bridgehead atoms. The minimum atomic E-state index is -0.663. The first-order valence-electron chi connectivity index (χ1n) is 8.96. The molecular formula is C21H26N2O4. The molecule has 0 fully saturated rings. The number of nitrogens with zero attached hydrogens (tertiary/aromatic N) is 1. The molecule has 1 unspecified atom stereocenters. The number of hydrogen-bond acceptors (Lipinski definition) is 5. The molecule has 27 heavy (non-hydrogen) atoms. The molecule has 2 aromatic rings. The Morgan fingerprint density at radius 1 is 1.15 bits per heavy atom. The quantitative estimate of drug-likeness (QED) is 0.541. The van der Waals surface area contributed by atoms with Gasteiger partial charge in [-0.2, -0.15) is 5.10 Å². The van der Waals surface area contributed by atoms with Crippen LogP contribution in [0.1, 0.15) is 31.9 Å². The van der Waals surface area contributed by atoms with Gasteiger partial charge in [0.05, 0.1) is 19.9 Å². The fourth-order valence-electron chi connectivity index (χ4n) is 2.36. The van der Waals surface area contributed by atoms with E-state index in [9.17, 15) is 4.79 Å². The van der Waals surface area contributed by atoms with Crippen LogP contribution in [0.15, 0.2) is 47.6 Å². The van der Waals surface area contributed by atoms with Crippen LogP contribution >= 0.6 is 0 Å². The van der Waals surface area contributed by atoms with Crippen molar-refractivity contribution in [2.45, 2.75) is 33.3 Å². The number of benzene rings is 2. The van der Waals surface area contributed by atoms with Gasteiger partial charge >= 0.3 is 0 Å². The highest BCUT2D eigenvalue weighted by Crippen LogP contribution is 2.27. The number of carbonyl (C=O) groups is 1. The third kappa shape index (κ3) is 6.02. The fourth-order valence-corrected chi connectivity index (χ4v) is 2.36. The van der Waals surface area contributed by atoms with Gasteiger partial charge in [-0.3, -0.25) is 4.79 Å². The second kappa shape index (κ2) is 10.2. The fraction of sp³-hybridized carbons (Fsp3) is 0.333. The summed E-state index contributed by atoms with van der Waals surface area (Å²) >= 11 is 0. The van der Waals surface area contributed by atoms with Gasteiger partial charge in [0.1, 0.15) is 5.75 Å². The largest absolute Gasteiger partial charge is 0.493 e. The van der Waals surface area contributed by atoms with Crippen molar-refractivity contribution >= 4 is 12.1 Å². The van der Waals surface area contributed by atoms with E-state index in [0.717, 1.165) is 12.0 Å². The predicted molar refractivity (Wildman–Crippen MR) is 106 cm³/mol. The van der Waals surface area contributed by atoms with Crippen LogP contribution in [0.3, 0.4) is 0 Å². The first-order chi connectivity index (χ1) is 13.1. The first kappa shape index (κ1) is 20.3. The Kier molecular flexibility index (Phi) is 7.67. The molecule has 0 aliphatic heterocycles. The van der Waals surface area contributed by atoms with E-state index in [2.05, 4.69) is 17.5 Å². The Balaban J connectivity index is 1.91. The monoisotopic (exact) mass is 370 g/mol. The highest BCUT2D eigenvalue weighted by molar-refractivity contribution is 5.84. The molecule has 144 valence electrons. The molecule has 0 aromatic heterocycles. The first-order valence-corrected chi connectivity index (χ1v) is 8.96. The van der Waals surface area contributed by atoms with Crippen molar-refractivity contribution in [3.63, 3.8) is 0 Å². The summed E-state index contributed by atoms with van der Waals surface area (Å²) in [5.41, 5.74) is 4.48. The number of hydrazone groups is 1. The molecule has 0 spiro atoms. The number of aryl methyl sites for hydroxylation is 1.